The van der Waals surface area contributed by atoms with Crippen molar-refractivity contribution in [2.45, 2.75) is 24.8 Å². The Kier molecular flexibility index (Phi) is 3.78. The standard InChI is InChI=1S/C14H15NO4S/c1-9(2)15-14(16)11-7-6-10-4-3-5-13(12(10)8-11)20(17,18)19/h3-9H,1-2H3,(H,15,16)(H,17,18,19). The van der Waals surface area contributed by atoms with Crippen LogP contribution in [0.1, 0.15) is 24.2 Å². The van der Waals surface area contributed by atoms with Gasteiger partial charge in [0.25, 0.3) is 16.0 Å². The maximum Gasteiger partial charge on any atom is 0.295 e. The summed E-state index contributed by atoms with van der Waals surface area (Å²) in [5.74, 6) is -0.285. The lowest BCUT2D eigenvalue weighted by Gasteiger charge is -2.10. The predicted molar refractivity (Wildman–Crippen MR) is 76.4 cm³/mol. The largest absolute Gasteiger partial charge is 0.350 e. The van der Waals surface area contributed by atoms with Crippen LogP contribution in [0.5, 0.6) is 0 Å². The Balaban J connectivity index is 2.61. The van der Waals surface area contributed by atoms with Gasteiger partial charge < -0.3 is 5.32 Å². The minimum atomic E-state index is -4.33. The summed E-state index contributed by atoms with van der Waals surface area (Å²) in [4.78, 5) is 11.7. The predicted octanol–water partition coefficient (Wildman–Crippen LogP) is 2.22. The molecule has 0 saturated carbocycles. The molecule has 0 spiro atoms. The van der Waals surface area contributed by atoms with Gasteiger partial charge in [-0.2, -0.15) is 8.42 Å². The van der Waals surface area contributed by atoms with E-state index in [4.69, 9.17) is 0 Å². The third-order valence-corrected chi connectivity index (χ3v) is 3.71. The second-order valence-corrected chi connectivity index (χ2v) is 6.19. The summed E-state index contributed by atoms with van der Waals surface area (Å²) in [6.07, 6.45) is 0. The van der Waals surface area contributed by atoms with Crippen LogP contribution in [-0.4, -0.2) is 24.9 Å². The lowest BCUT2D eigenvalue weighted by molar-refractivity contribution is 0.0943. The number of carbonyl (C=O) groups excluding carboxylic acids is 1. The molecule has 0 aromatic heterocycles. The van der Waals surface area contributed by atoms with Gasteiger partial charge in [-0.25, -0.2) is 0 Å². The van der Waals surface area contributed by atoms with Gasteiger partial charge in [-0.05, 0) is 37.4 Å². The molecule has 2 aromatic rings. The molecule has 106 valence electrons. The normalized spacial score (nSPS) is 11.8. The monoisotopic (exact) mass is 293 g/mol. The molecule has 2 rings (SSSR count). The summed E-state index contributed by atoms with van der Waals surface area (Å²) in [6, 6.07) is 9.29. The fourth-order valence-electron chi connectivity index (χ4n) is 1.96. The van der Waals surface area contributed by atoms with Gasteiger partial charge in [0, 0.05) is 17.0 Å². The van der Waals surface area contributed by atoms with E-state index in [2.05, 4.69) is 5.32 Å². The Morgan fingerprint density at radius 2 is 1.90 bits per heavy atom. The van der Waals surface area contributed by atoms with Gasteiger partial charge in [-0.15, -0.1) is 0 Å². The van der Waals surface area contributed by atoms with E-state index in [9.17, 15) is 17.8 Å². The Labute approximate surface area is 117 Å². The third kappa shape index (κ3) is 2.97. The van der Waals surface area contributed by atoms with Crippen LogP contribution in [0.15, 0.2) is 41.3 Å². The van der Waals surface area contributed by atoms with Gasteiger partial charge in [0.15, 0.2) is 0 Å². The summed E-state index contributed by atoms with van der Waals surface area (Å²) in [5, 5.41) is 3.70. The first-order chi connectivity index (χ1) is 9.29. The molecule has 0 saturated heterocycles. The lowest BCUT2D eigenvalue weighted by Crippen LogP contribution is -2.30. The minimum Gasteiger partial charge on any atom is -0.350 e. The van der Waals surface area contributed by atoms with Crippen molar-refractivity contribution in [1.82, 2.24) is 5.32 Å². The van der Waals surface area contributed by atoms with Gasteiger partial charge in [0.2, 0.25) is 0 Å². The Bertz CT molecular complexity index is 766. The Hall–Kier alpha value is -1.92. The van der Waals surface area contributed by atoms with Crippen molar-refractivity contribution in [3.05, 3.63) is 42.0 Å². The van der Waals surface area contributed by atoms with E-state index in [1.807, 2.05) is 13.8 Å². The van der Waals surface area contributed by atoms with Gasteiger partial charge >= 0.3 is 0 Å². The van der Waals surface area contributed by atoms with E-state index < -0.39 is 10.1 Å². The molecule has 1 amide bonds. The van der Waals surface area contributed by atoms with Crippen LogP contribution in [0.2, 0.25) is 0 Å². The highest BCUT2D eigenvalue weighted by atomic mass is 32.2. The quantitative estimate of drug-likeness (QED) is 0.850. The molecule has 5 nitrogen and oxygen atoms in total. The van der Waals surface area contributed by atoms with E-state index in [0.717, 1.165) is 0 Å². The molecule has 2 aromatic carbocycles. The number of rotatable bonds is 3. The second-order valence-electron chi connectivity index (χ2n) is 4.80. The molecular formula is C14H15NO4S. The van der Waals surface area contributed by atoms with Crippen molar-refractivity contribution in [1.29, 1.82) is 0 Å². The van der Waals surface area contributed by atoms with E-state index in [1.165, 1.54) is 12.1 Å². The topological polar surface area (TPSA) is 83.5 Å². The SMILES string of the molecule is CC(C)NC(=O)c1ccc2cccc(S(=O)(=O)O)c2c1. The molecule has 0 fully saturated rings. The first-order valence-electron chi connectivity index (χ1n) is 6.10. The molecule has 0 aliphatic heterocycles. The average molecular weight is 293 g/mol. The highest BCUT2D eigenvalue weighted by Gasteiger charge is 2.15. The van der Waals surface area contributed by atoms with E-state index in [0.29, 0.717) is 16.3 Å². The van der Waals surface area contributed by atoms with Crippen molar-refractivity contribution >= 4 is 26.8 Å². The zero-order valence-corrected chi connectivity index (χ0v) is 11.9. The fourth-order valence-corrected chi connectivity index (χ4v) is 2.66. The molecule has 0 unspecified atom stereocenters. The van der Waals surface area contributed by atoms with Gasteiger partial charge in [-0.1, -0.05) is 18.2 Å². The minimum absolute atomic E-state index is 0.0185. The molecule has 0 atom stereocenters. The van der Waals surface area contributed by atoms with Crippen LogP contribution in [0.25, 0.3) is 10.8 Å². The summed E-state index contributed by atoms with van der Waals surface area (Å²) in [5.41, 5.74) is 0.349. The van der Waals surface area contributed by atoms with Gasteiger partial charge in [0.05, 0.1) is 0 Å². The fraction of sp³-hybridized carbons (Fsp3) is 0.214. The van der Waals surface area contributed by atoms with E-state index in [1.54, 1.807) is 24.3 Å². The maximum absolute atomic E-state index is 11.9. The number of fused-ring (bicyclic) bond motifs is 1. The summed E-state index contributed by atoms with van der Waals surface area (Å²) >= 11 is 0. The van der Waals surface area contributed by atoms with E-state index >= 15 is 0 Å². The molecule has 0 aliphatic rings. The zero-order valence-electron chi connectivity index (χ0n) is 11.1. The summed E-state index contributed by atoms with van der Waals surface area (Å²) in [6.45, 7) is 3.67. The number of nitrogens with one attached hydrogen (secondary N) is 1. The Morgan fingerprint density at radius 3 is 2.50 bits per heavy atom. The molecule has 0 radical (unpaired) electrons. The number of carbonyl (C=O) groups is 1. The highest BCUT2D eigenvalue weighted by molar-refractivity contribution is 7.86. The summed E-state index contributed by atoms with van der Waals surface area (Å²) in [7, 11) is -4.33. The van der Waals surface area contributed by atoms with Crippen molar-refractivity contribution in [2.75, 3.05) is 0 Å². The van der Waals surface area contributed by atoms with E-state index in [-0.39, 0.29) is 16.8 Å². The number of hydrogen-bond acceptors (Lipinski definition) is 3. The van der Waals surface area contributed by atoms with Gasteiger partial charge in [0.1, 0.15) is 4.90 Å². The smallest absolute Gasteiger partial charge is 0.295 e. The maximum atomic E-state index is 11.9. The molecule has 0 aliphatic carbocycles. The first kappa shape index (κ1) is 14.5. The second kappa shape index (κ2) is 5.22. The number of benzene rings is 2. The van der Waals surface area contributed by atoms with Crippen LogP contribution in [-0.2, 0) is 10.1 Å². The van der Waals surface area contributed by atoms with Crippen LogP contribution < -0.4 is 5.32 Å². The molecule has 0 bridgehead atoms. The van der Waals surface area contributed by atoms with Crippen molar-refractivity contribution in [2.24, 2.45) is 0 Å². The molecule has 0 heterocycles. The first-order valence-corrected chi connectivity index (χ1v) is 7.54. The number of hydrogen-bond donors (Lipinski definition) is 2. The summed E-state index contributed by atoms with van der Waals surface area (Å²) < 4.78 is 32.0. The van der Waals surface area contributed by atoms with Crippen LogP contribution in [0, 0.1) is 0 Å². The van der Waals surface area contributed by atoms with Crippen LogP contribution in [0.3, 0.4) is 0 Å². The van der Waals surface area contributed by atoms with Crippen molar-refractivity contribution in [3.8, 4) is 0 Å². The van der Waals surface area contributed by atoms with Crippen molar-refractivity contribution in [3.63, 3.8) is 0 Å². The zero-order chi connectivity index (χ0) is 14.9. The highest BCUT2D eigenvalue weighted by Crippen LogP contribution is 2.24. The van der Waals surface area contributed by atoms with Crippen LogP contribution in [0.4, 0.5) is 0 Å². The Morgan fingerprint density at radius 1 is 1.20 bits per heavy atom. The average Bonchev–Trinajstić information content (AvgIpc) is 2.35. The van der Waals surface area contributed by atoms with Crippen LogP contribution >= 0.6 is 0 Å². The lowest BCUT2D eigenvalue weighted by atomic mass is 10.1. The molecule has 20 heavy (non-hydrogen) atoms. The molecule has 2 N–H and O–H groups in total. The number of amides is 1. The molecular weight excluding hydrogens is 278 g/mol. The molecule has 6 heteroatoms. The van der Waals surface area contributed by atoms with Gasteiger partial charge in [-0.3, -0.25) is 9.35 Å². The van der Waals surface area contributed by atoms with Crippen molar-refractivity contribution < 1.29 is 17.8 Å². The third-order valence-electron chi connectivity index (χ3n) is 2.80.